The van der Waals surface area contributed by atoms with Gasteiger partial charge < -0.3 is 4.74 Å². The number of aldehydes is 1. The van der Waals surface area contributed by atoms with E-state index in [9.17, 15) is 4.79 Å². The van der Waals surface area contributed by atoms with E-state index in [1.54, 1.807) is 0 Å². The van der Waals surface area contributed by atoms with Crippen LogP contribution >= 0.6 is 0 Å². The highest BCUT2D eigenvalue weighted by Gasteiger charge is 2.40. The maximum absolute atomic E-state index is 11.3. The van der Waals surface area contributed by atoms with E-state index in [4.69, 9.17) is 4.74 Å². The van der Waals surface area contributed by atoms with Gasteiger partial charge in [0.05, 0.1) is 0 Å². The van der Waals surface area contributed by atoms with Crippen molar-refractivity contribution in [2.24, 2.45) is 0 Å². The Bertz CT molecular complexity index is 569. The Balaban J connectivity index is 2.19. The van der Waals surface area contributed by atoms with Gasteiger partial charge in [-0.05, 0) is 24.0 Å². The summed E-state index contributed by atoms with van der Waals surface area (Å²) >= 11 is 0. The summed E-state index contributed by atoms with van der Waals surface area (Å²) in [4.78, 5) is 11.3. The number of ether oxygens (including phenoxy) is 1. The molecule has 0 bridgehead atoms. The molecule has 2 aromatic carbocycles. The molecule has 1 saturated heterocycles. The number of rotatable bonds is 3. The van der Waals surface area contributed by atoms with E-state index in [2.05, 4.69) is 12.1 Å². The maximum atomic E-state index is 11.3. The van der Waals surface area contributed by atoms with Crippen molar-refractivity contribution in [3.63, 3.8) is 0 Å². The van der Waals surface area contributed by atoms with Gasteiger partial charge in [-0.2, -0.15) is 0 Å². The molecule has 1 aliphatic heterocycles. The summed E-state index contributed by atoms with van der Waals surface area (Å²) in [6.07, 6.45) is 2.85. The molecule has 1 heterocycles. The minimum absolute atomic E-state index is 0.460. The predicted molar refractivity (Wildman–Crippen MR) is 74.2 cm³/mol. The lowest BCUT2D eigenvalue weighted by Crippen LogP contribution is -2.27. The van der Waals surface area contributed by atoms with Crippen molar-refractivity contribution in [1.82, 2.24) is 0 Å². The summed E-state index contributed by atoms with van der Waals surface area (Å²) in [6, 6.07) is 17.9. The fourth-order valence-corrected chi connectivity index (χ4v) is 2.91. The van der Waals surface area contributed by atoms with Gasteiger partial charge in [-0.15, -0.1) is 0 Å². The molecule has 0 spiro atoms. The summed E-state index contributed by atoms with van der Waals surface area (Å²) in [5, 5.41) is 0. The Hall–Kier alpha value is -1.93. The molecule has 0 N–H and O–H groups in total. The molecule has 0 radical (unpaired) electrons. The first kappa shape index (κ1) is 12.1. The second-order valence-corrected chi connectivity index (χ2v) is 4.85. The fraction of sp³-hybridized carbons (Fsp3) is 0.235. The summed E-state index contributed by atoms with van der Waals surface area (Å²) in [5.41, 5.74) is 2.36. The van der Waals surface area contributed by atoms with Crippen LogP contribution in [0.1, 0.15) is 34.3 Å². The quantitative estimate of drug-likeness (QED) is 0.781. The monoisotopic (exact) mass is 252 g/mol. The Labute approximate surface area is 113 Å². The molecule has 0 amide bonds. The average Bonchev–Trinajstić information content (AvgIpc) is 2.99. The summed E-state index contributed by atoms with van der Waals surface area (Å²) in [7, 11) is 0. The van der Waals surface area contributed by atoms with Crippen molar-refractivity contribution >= 4 is 6.29 Å². The van der Waals surface area contributed by atoms with Crippen molar-refractivity contribution in [2.75, 3.05) is 6.61 Å². The molecule has 3 rings (SSSR count). The van der Waals surface area contributed by atoms with Crippen LogP contribution in [0.2, 0.25) is 0 Å². The van der Waals surface area contributed by atoms with E-state index in [-0.39, 0.29) is 0 Å². The van der Waals surface area contributed by atoms with Crippen LogP contribution in [-0.4, -0.2) is 12.9 Å². The molecule has 1 unspecified atom stereocenters. The Morgan fingerprint density at radius 3 is 2.42 bits per heavy atom. The van der Waals surface area contributed by atoms with Crippen LogP contribution in [0.3, 0.4) is 0 Å². The maximum Gasteiger partial charge on any atom is 0.150 e. The average molecular weight is 252 g/mol. The van der Waals surface area contributed by atoms with Gasteiger partial charge >= 0.3 is 0 Å². The lowest BCUT2D eigenvalue weighted by atomic mass is 9.82. The first-order valence-electron chi connectivity index (χ1n) is 6.61. The molecule has 1 aliphatic rings. The summed E-state index contributed by atoms with van der Waals surface area (Å²) in [6.45, 7) is 0.738. The van der Waals surface area contributed by atoms with E-state index in [1.165, 1.54) is 0 Å². The van der Waals surface area contributed by atoms with Crippen molar-refractivity contribution in [3.05, 3.63) is 71.3 Å². The van der Waals surface area contributed by atoms with Gasteiger partial charge in [0.1, 0.15) is 11.9 Å². The third kappa shape index (κ3) is 1.98. The Morgan fingerprint density at radius 1 is 1.00 bits per heavy atom. The molecule has 0 aliphatic carbocycles. The number of hydrogen-bond acceptors (Lipinski definition) is 2. The van der Waals surface area contributed by atoms with Gasteiger partial charge in [0.15, 0.2) is 0 Å². The SMILES string of the molecule is O=Cc1ccccc1C1(c2ccccc2)CCCO1. The van der Waals surface area contributed by atoms with Crippen molar-refractivity contribution in [2.45, 2.75) is 18.4 Å². The number of benzene rings is 2. The van der Waals surface area contributed by atoms with E-state index in [0.29, 0.717) is 5.56 Å². The highest BCUT2D eigenvalue weighted by molar-refractivity contribution is 5.78. The van der Waals surface area contributed by atoms with Crippen LogP contribution < -0.4 is 0 Å². The Morgan fingerprint density at radius 2 is 1.74 bits per heavy atom. The van der Waals surface area contributed by atoms with E-state index in [1.807, 2.05) is 42.5 Å². The third-order valence-electron chi connectivity index (χ3n) is 3.78. The lowest BCUT2D eigenvalue weighted by molar-refractivity contribution is 0.0353. The first-order valence-corrected chi connectivity index (χ1v) is 6.61. The van der Waals surface area contributed by atoms with Crippen LogP contribution in [0.25, 0.3) is 0 Å². The smallest absolute Gasteiger partial charge is 0.150 e. The van der Waals surface area contributed by atoms with E-state index in [0.717, 1.165) is 36.9 Å². The molecule has 2 aromatic rings. The van der Waals surface area contributed by atoms with Crippen molar-refractivity contribution in [3.8, 4) is 0 Å². The molecule has 2 nitrogen and oxygen atoms in total. The third-order valence-corrected chi connectivity index (χ3v) is 3.78. The molecule has 1 atom stereocenters. The van der Waals surface area contributed by atoms with Gasteiger partial charge in [0.25, 0.3) is 0 Å². The number of carbonyl (C=O) groups is 1. The molecule has 1 fully saturated rings. The first-order chi connectivity index (χ1) is 9.37. The van der Waals surface area contributed by atoms with Gasteiger partial charge in [0.2, 0.25) is 0 Å². The van der Waals surface area contributed by atoms with Crippen LogP contribution in [0.5, 0.6) is 0 Å². The Kier molecular flexibility index (Phi) is 3.18. The van der Waals surface area contributed by atoms with Gasteiger partial charge in [0, 0.05) is 12.2 Å². The van der Waals surface area contributed by atoms with Gasteiger partial charge in [-0.1, -0.05) is 54.6 Å². The van der Waals surface area contributed by atoms with Crippen LogP contribution in [0, 0.1) is 0 Å². The molecule has 19 heavy (non-hydrogen) atoms. The van der Waals surface area contributed by atoms with Crippen LogP contribution in [-0.2, 0) is 10.3 Å². The lowest BCUT2D eigenvalue weighted by Gasteiger charge is -2.30. The van der Waals surface area contributed by atoms with E-state index < -0.39 is 5.60 Å². The molecular weight excluding hydrogens is 236 g/mol. The second kappa shape index (κ2) is 4.98. The van der Waals surface area contributed by atoms with E-state index >= 15 is 0 Å². The standard InChI is InChI=1S/C17H16O2/c18-13-14-7-4-5-10-16(14)17(11-6-12-19-17)15-8-2-1-3-9-15/h1-5,7-10,13H,6,11-12H2. The summed E-state index contributed by atoms with van der Waals surface area (Å²) < 4.78 is 6.10. The second-order valence-electron chi connectivity index (χ2n) is 4.85. The minimum Gasteiger partial charge on any atom is -0.366 e. The normalized spacial score (nSPS) is 22.3. The van der Waals surface area contributed by atoms with Crippen LogP contribution in [0.4, 0.5) is 0 Å². The summed E-state index contributed by atoms with van der Waals surface area (Å²) in [5.74, 6) is 0. The fourth-order valence-electron chi connectivity index (χ4n) is 2.91. The predicted octanol–water partition coefficient (Wildman–Crippen LogP) is 3.55. The molecular formula is C17H16O2. The number of carbonyl (C=O) groups excluding carboxylic acids is 1. The van der Waals surface area contributed by atoms with Gasteiger partial charge in [-0.25, -0.2) is 0 Å². The zero-order valence-corrected chi connectivity index (χ0v) is 10.7. The zero-order valence-electron chi connectivity index (χ0n) is 10.7. The topological polar surface area (TPSA) is 26.3 Å². The molecule has 2 heteroatoms. The largest absolute Gasteiger partial charge is 0.366 e. The van der Waals surface area contributed by atoms with Crippen molar-refractivity contribution in [1.29, 1.82) is 0 Å². The van der Waals surface area contributed by atoms with Crippen molar-refractivity contribution < 1.29 is 9.53 Å². The molecule has 0 aromatic heterocycles. The molecule has 96 valence electrons. The zero-order chi connectivity index (χ0) is 13.1. The van der Waals surface area contributed by atoms with Crippen LogP contribution in [0.15, 0.2) is 54.6 Å². The number of hydrogen-bond donors (Lipinski definition) is 0. The van der Waals surface area contributed by atoms with Gasteiger partial charge in [-0.3, -0.25) is 4.79 Å². The highest BCUT2D eigenvalue weighted by atomic mass is 16.5. The minimum atomic E-state index is -0.460. The highest BCUT2D eigenvalue weighted by Crippen LogP contribution is 2.43. The molecule has 0 saturated carbocycles.